The van der Waals surface area contributed by atoms with E-state index in [2.05, 4.69) is 317 Å². The highest BCUT2D eigenvalue weighted by Gasteiger charge is 2.49. The van der Waals surface area contributed by atoms with E-state index in [-0.39, 0.29) is 47.6 Å². The Bertz CT molecular complexity index is 3640. The van der Waals surface area contributed by atoms with Crippen LogP contribution in [0.15, 0.2) is 346 Å². The summed E-state index contributed by atoms with van der Waals surface area (Å²) in [7, 11) is -6.95. The molecule has 0 fully saturated rings. The predicted molar refractivity (Wildman–Crippen MR) is 378 cm³/mol. The number of carbonyl (C=O) groups excluding carboxylic acids is 1. The first-order chi connectivity index (χ1) is 41.7. The van der Waals surface area contributed by atoms with E-state index in [4.69, 9.17) is 4.74 Å². The van der Waals surface area contributed by atoms with E-state index in [0.717, 1.165) is 24.7 Å². The molecule has 12 rings (SSSR count). The summed E-state index contributed by atoms with van der Waals surface area (Å²) in [4.78, 5) is 13.4. The second-order valence-corrected chi connectivity index (χ2v) is 38.6. The van der Waals surface area contributed by atoms with Crippen LogP contribution in [0.5, 0.6) is 0 Å². The Morgan fingerprint density at radius 3 is 0.932 bits per heavy atom. The van der Waals surface area contributed by atoms with Gasteiger partial charge in [-0.3, -0.25) is 4.79 Å². The molecule has 0 spiro atoms. The maximum atomic E-state index is 13.4. The van der Waals surface area contributed by atoms with E-state index in [9.17, 15) is 4.79 Å². The molecule has 0 N–H and O–H groups in total. The Morgan fingerprint density at radius 1 is 0.330 bits per heavy atom. The lowest BCUT2D eigenvalue weighted by molar-refractivity contribution is -0.001000. The van der Waals surface area contributed by atoms with Gasteiger partial charge in [0.05, 0.1) is 6.16 Å². The summed E-state index contributed by atoms with van der Waals surface area (Å²) in [5.41, 5.74) is 2.19. The number of fused-ring (bicyclic) bond motifs is 1. The van der Waals surface area contributed by atoms with E-state index < -0.39 is 29.9 Å². The first-order valence-corrected chi connectivity index (χ1v) is 39.1. The van der Waals surface area contributed by atoms with Crippen molar-refractivity contribution in [1.29, 1.82) is 0 Å². The molecule has 0 amide bonds. The number of rotatable bonds is 19. The number of Topliss-reactive ketones (excluding diaryl/α,β-unsaturated/α-hetero) is 1. The van der Waals surface area contributed by atoms with Gasteiger partial charge in [0, 0.05) is 20.2 Å². The minimum Gasteiger partial charge on any atom is -1.00 e. The summed E-state index contributed by atoms with van der Waals surface area (Å²) in [6.45, 7) is 8.07. The van der Waals surface area contributed by atoms with Crippen molar-refractivity contribution in [3.05, 3.63) is 357 Å². The van der Waals surface area contributed by atoms with Crippen LogP contribution >= 0.6 is 21.8 Å². The molecule has 0 saturated carbocycles. The standard InChI is InChI=1S/C29H24P.C26H22OP.C24H30OPSi.BrH.2ClH/c1-4-16-26(17-5-1)30(27-18-6-2-7-19-27,28-20-8-3-9-21-28)23-25-15-12-14-24-13-10-11-22-29(24)25;27-26(22-13-5-1-6-14-22)21-28(23-15-7-2-8-16-23,24-17-9-3-10-18-24)25-19-11-4-12-20-25;1-27(2,3)20-19-25-21-26(22-13-7-4-8-14-22,23-15-9-5-10-16-23)24-17-11-6-12-18-24;;;/h1-22H,23H2;1-20H,21H2;4-18H,19-21H2,1-3H3;3*1H/q3*+1;;;/p-3. The molecule has 444 valence electrons. The van der Waals surface area contributed by atoms with Crippen LogP contribution in [0.25, 0.3) is 10.8 Å². The van der Waals surface area contributed by atoms with Gasteiger partial charge in [0.1, 0.15) is 75.7 Å². The molecule has 0 aliphatic carbocycles. The molecule has 0 atom stereocenters. The zero-order chi connectivity index (χ0) is 58.6. The molecular weight excluding hydrogens is 1250 g/mol. The quantitative estimate of drug-likeness (QED) is 0.0364. The van der Waals surface area contributed by atoms with E-state index in [1.165, 1.54) is 70.1 Å². The van der Waals surface area contributed by atoms with E-state index in [0.29, 0.717) is 6.16 Å². The number of ketones is 1. The number of halogens is 3. The summed E-state index contributed by atoms with van der Waals surface area (Å²) in [5.74, 6) is 0.186. The fourth-order valence-electron chi connectivity index (χ4n) is 11.5. The maximum Gasteiger partial charge on any atom is 0.201 e. The van der Waals surface area contributed by atoms with Crippen molar-refractivity contribution in [1.82, 2.24) is 0 Å². The molecule has 2 nitrogen and oxygen atoms in total. The summed E-state index contributed by atoms with van der Waals surface area (Å²) >= 11 is 0. The van der Waals surface area contributed by atoms with Gasteiger partial charge < -0.3 is 46.5 Å². The smallest absolute Gasteiger partial charge is 0.201 e. The molecule has 88 heavy (non-hydrogen) atoms. The Morgan fingerprint density at radius 2 is 0.602 bits per heavy atom. The molecular formula is C79H76BrCl2O2P3Si. The van der Waals surface area contributed by atoms with Crippen LogP contribution in [0.3, 0.4) is 0 Å². The van der Waals surface area contributed by atoms with Gasteiger partial charge in [-0.15, -0.1) is 0 Å². The first kappa shape index (κ1) is 68.6. The largest absolute Gasteiger partial charge is 1.00 e. The molecule has 9 heteroatoms. The van der Waals surface area contributed by atoms with Crippen molar-refractivity contribution in [3.63, 3.8) is 0 Å². The first-order valence-electron chi connectivity index (χ1n) is 29.5. The minimum absolute atomic E-state index is 0. The van der Waals surface area contributed by atoms with Gasteiger partial charge in [-0.25, -0.2) is 0 Å². The van der Waals surface area contributed by atoms with Crippen molar-refractivity contribution in [2.45, 2.75) is 31.8 Å². The number of hydrogen-bond donors (Lipinski definition) is 0. The van der Waals surface area contributed by atoms with Gasteiger partial charge >= 0.3 is 0 Å². The Hall–Kier alpha value is -6.90. The highest BCUT2D eigenvalue weighted by atomic mass is 79.9. The zero-order valence-corrected chi connectivity index (χ0v) is 57.0. The summed E-state index contributed by atoms with van der Waals surface area (Å²) < 4.78 is 6.42. The summed E-state index contributed by atoms with van der Waals surface area (Å²) in [6, 6.07) is 124. The Labute approximate surface area is 549 Å². The monoisotopic (exact) mass is 1330 g/mol. The number of benzene rings is 12. The molecule has 0 bridgehead atoms. The van der Waals surface area contributed by atoms with Crippen molar-refractivity contribution >= 4 is 94.2 Å². The maximum absolute atomic E-state index is 13.4. The average Bonchev–Trinajstić information content (AvgIpc) is 1.40. The molecule has 0 heterocycles. The molecule has 0 aromatic heterocycles. The Balaban J connectivity index is 0.000000185. The number of ether oxygens (including phenoxy) is 1. The van der Waals surface area contributed by atoms with Gasteiger partial charge in [0.2, 0.25) is 5.78 Å². The van der Waals surface area contributed by atoms with Gasteiger partial charge in [0.25, 0.3) is 0 Å². The van der Waals surface area contributed by atoms with Crippen LogP contribution in [0.2, 0.25) is 25.7 Å². The average molecular weight is 1330 g/mol. The lowest BCUT2D eigenvalue weighted by Gasteiger charge is -2.28. The minimum atomic E-state index is -2.12. The van der Waals surface area contributed by atoms with Gasteiger partial charge in [-0.1, -0.05) is 256 Å². The lowest BCUT2D eigenvalue weighted by atomic mass is 10.1. The second-order valence-electron chi connectivity index (χ2n) is 22.5. The van der Waals surface area contributed by atoms with Crippen LogP contribution in [-0.4, -0.2) is 33.0 Å². The molecule has 0 radical (unpaired) electrons. The van der Waals surface area contributed by atoms with Gasteiger partial charge in [0.15, 0.2) is 6.35 Å². The second kappa shape index (κ2) is 33.6. The van der Waals surface area contributed by atoms with Crippen LogP contribution in [0, 0.1) is 0 Å². The predicted octanol–water partition coefficient (Wildman–Crippen LogP) is 7.50. The lowest BCUT2D eigenvalue weighted by Crippen LogP contribution is -3.00. The normalized spacial score (nSPS) is 11.2. The van der Waals surface area contributed by atoms with Crippen molar-refractivity contribution in [2.75, 3.05) is 19.1 Å². The van der Waals surface area contributed by atoms with Crippen LogP contribution < -0.4 is 89.5 Å². The SMILES string of the molecule is C[Si](C)(C)CCOC[P+](c1ccccc1)(c1ccccc1)c1ccccc1.O=C(C[P+](c1ccccc1)(c1ccccc1)c1ccccc1)c1ccccc1.[Br-].[Cl-].[Cl-].c1ccc([P+](Cc2cccc3ccccc23)(c2ccccc2)c2ccccc2)cc1. The van der Waals surface area contributed by atoms with Crippen LogP contribution in [0.4, 0.5) is 0 Å². The highest BCUT2D eigenvalue weighted by Crippen LogP contribution is 2.59. The third-order valence-electron chi connectivity index (χ3n) is 15.8. The van der Waals surface area contributed by atoms with Crippen molar-refractivity contribution in [3.8, 4) is 0 Å². The Kier molecular flexibility index (Phi) is 26.2. The topological polar surface area (TPSA) is 26.3 Å². The fourth-order valence-corrected chi connectivity index (χ4v) is 24.4. The van der Waals surface area contributed by atoms with E-state index in [1.807, 2.05) is 48.5 Å². The molecule has 0 unspecified atom stereocenters. The van der Waals surface area contributed by atoms with E-state index >= 15 is 0 Å². The van der Waals surface area contributed by atoms with Gasteiger partial charge in [-0.05, 0) is 132 Å². The van der Waals surface area contributed by atoms with E-state index in [1.54, 1.807) is 0 Å². The summed E-state index contributed by atoms with van der Waals surface area (Å²) in [6.07, 6.45) is 2.25. The zero-order valence-electron chi connectivity index (χ0n) is 50.2. The fraction of sp³-hybridized carbons (Fsp3) is 0.101. The number of carbonyl (C=O) groups is 1. The molecule has 12 aromatic rings. The summed E-state index contributed by atoms with van der Waals surface area (Å²) in [5, 5.41) is 14.8. The third kappa shape index (κ3) is 16.5. The third-order valence-corrected chi connectivity index (χ3v) is 30.3. The molecule has 0 saturated heterocycles. The number of hydrogen-bond acceptors (Lipinski definition) is 2. The molecule has 0 aliphatic heterocycles. The molecule has 12 aromatic carbocycles. The van der Waals surface area contributed by atoms with Gasteiger partial charge in [-0.2, -0.15) is 0 Å². The van der Waals surface area contributed by atoms with Crippen molar-refractivity contribution in [2.24, 2.45) is 0 Å². The molecule has 0 aliphatic rings. The van der Waals surface area contributed by atoms with Crippen LogP contribution in [-0.2, 0) is 10.9 Å². The van der Waals surface area contributed by atoms with Crippen LogP contribution in [0.1, 0.15) is 15.9 Å². The highest BCUT2D eigenvalue weighted by molar-refractivity contribution is 7.96. The van der Waals surface area contributed by atoms with Crippen molar-refractivity contribution < 1.29 is 51.3 Å².